The number of carbonyl (C=O) groups is 1. The van der Waals surface area contributed by atoms with Crippen molar-refractivity contribution in [1.29, 1.82) is 0 Å². The molecule has 2 unspecified atom stereocenters. The van der Waals surface area contributed by atoms with Gasteiger partial charge in [0.2, 0.25) is 0 Å². The molecule has 4 heteroatoms. The molecule has 0 aromatic carbocycles. The summed E-state index contributed by atoms with van der Waals surface area (Å²) in [5.74, 6) is 0. The van der Waals surface area contributed by atoms with Crippen LogP contribution < -0.4 is 11.1 Å². The summed E-state index contributed by atoms with van der Waals surface area (Å²) in [6.45, 7) is 5.93. The summed E-state index contributed by atoms with van der Waals surface area (Å²) >= 11 is 0. The van der Waals surface area contributed by atoms with Crippen molar-refractivity contribution in [1.82, 2.24) is 5.32 Å². The maximum absolute atomic E-state index is 10.5. The fraction of sp³-hybridized carbons (Fsp3) is 0.900. The molecule has 0 aliphatic heterocycles. The Balaban J connectivity index is 2.50. The van der Waals surface area contributed by atoms with E-state index in [1.165, 1.54) is 12.8 Å². The van der Waals surface area contributed by atoms with Crippen LogP contribution in [0.4, 0.5) is 4.79 Å². The number of amides is 1. The van der Waals surface area contributed by atoms with Gasteiger partial charge in [0.1, 0.15) is 0 Å². The number of nitrogens with one attached hydrogen (secondary N) is 1. The zero-order valence-corrected chi connectivity index (χ0v) is 9.13. The minimum atomic E-state index is -1.00. The van der Waals surface area contributed by atoms with E-state index in [4.69, 9.17) is 10.8 Å². The van der Waals surface area contributed by atoms with Gasteiger partial charge in [-0.3, -0.25) is 0 Å². The number of rotatable bonds is 4. The molecule has 1 saturated carbocycles. The molecule has 0 spiro atoms. The van der Waals surface area contributed by atoms with Crippen molar-refractivity contribution >= 4 is 6.09 Å². The van der Waals surface area contributed by atoms with Gasteiger partial charge in [-0.15, -0.1) is 0 Å². The molecule has 1 fully saturated rings. The predicted octanol–water partition coefficient (Wildman–Crippen LogP) is 1.55. The number of nitrogens with two attached hydrogens (primary N) is 1. The lowest BCUT2D eigenvalue weighted by molar-refractivity contribution is 0.178. The van der Waals surface area contributed by atoms with Crippen molar-refractivity contribution in [2.24, 2.45) is 11.1 Å². The molecule has 2 atom stereocenters. The SMILES string of the molecule is CC(NC(=O)O)C(C)(N)CC1(C)CC1. The lowest BCUT2D eigenvalue weighted by atomic mass is 9.83. The van der Waals surface area contributed by atoms with E-state index in [1.54, 1.807) is 0 Å². The molecule has 1 rings (SSSR count). The molecule has 1 amide bonds. The first-order valence-corrected chi connectivity index (χ1v) is 5.04. The zero-order valence-electron chi connectivity index (χ0n) is 9.13. The predicted molar refractivity (Wildman–Crippen MR) is 55.2 cm³/mol. The van der Waals surface area contributed by atoms with Crippen LogP contribution in [-0.2, 0) is 0 Å². The molecule has 1 aliphatic carbocycles. The van der Waals surface area contributed by atoms with Gasteiger partial charge in [0.15, 0.2) is 0 Å². The number of hydrogen-bond donors (Lipinski definition) is 3. The van der Waals surface area contributed by atoms with E-state index in [2.05, 4.69) is 12.2 Å². The molecule has 14 heavy (non-hydrogen) atoms. The Hall–Kier alpha value is -0.770. The molecule has 0 aromatic heterocycles. The summed E-state index contributed by atoms with van der Waals surface area (Å²) < 4.78 is 0. The maximum atomic E-state index is 10.5. The first-order chi connectivity index (χ1) is 6.25. The molecule has 1 aliphatic rings. The first kappa shape index (κ1) is 11.3. The van der Waals surface area contributed by atoms with Crippen LogP contribution in [0.1, 0.15) is 40.0 Å². The Bertz CT molecular complexity index is 234. The third-order valence-corrected chi connectivity index (χ3v) is 3.24. The Morgan fingerprint density at radius 2 is 2.21 bits per heavy atom. The fourth-order valence-electron chi connectivity index (χ4n) is 1.81. The molecule has 0 aromatic rings. The summed E-state index contributed by atoms with van der Waals surface area (Å²) in [4.78, 5) is 10.5. The van der Waals surface area contributed by atoms with Crippen LogP contribution in [0.5, 0.6) is 0 Å². The summed E-state index contributed by atoms with van der Waals surface area (Å²) in [6, 6.07) is -0.211. The monoisotopic (exact) mass is 200 g/mol. The maximum Gasteiger partial charge on any atom is 0.404 e. The van der Waals surface area contributed by atoms with E-state index >= 15 is 0 Å². The average Bonchev–Trinajstić information content (AvgIpc) is 2.64. The molecule has 0 saturated heterocycles. The number of carboxylic acid groups (broad SMARTS) is 1. The first-order valence-electron chi connectivity index (χ1n) is 5.04. The second-order valence-corrected chi connectivity index (χ2v) is 5.16. The smallest absolute Gasteiger partial charge is 0.404 e. The van der Waals surface area contributed by atoms with Crippen molar-refractivity contribution in [3.05, 3.63) is 0 Å². The van der Waals surface area contributed by atoms with Crippen molar-refractivity contribution in [2.45, 2.75) is 51.6 Å². The van der Waals surface area contributed by atoms with Gasteiger partial charge in [0.05, 0.1) is 0 Å². The van der Waals surface area contributed by atoms with Gasteiger partial charge in [0, 0.05) is 11.6 Å². The highest BCUT2D eigenvalue weighted by molar-refractivity contribution is 5.65. The molecule has 82 valence electrons. The minimum Gasteiger partial charge on any atom is -0.465 e. The third kappa shape index (κ3) is 2.87. The summed E-state index contributed by atoms with van der Waals surface area (Å²) in [5.41, 5.74) is 6.00. The second kappa shape index (κ2) is 3.42. The second-order valence-electron chi connectivity index (χ2n) is 5.16. The van der Waals surface area contributed by atoms with Crippen LogP contribution in [0.2, 0.25) is 0 Å². The fourth-order valence-corrected chi connectivity index (χ4v) is 1.81. The Morgan fingerprint density at radius 1 is 1.71 bits per heavy atom. The molecule has 0 bridgehead atoms. The van der Waals surface area contributed by atoms with E-state index in [0.717, 1.165) is 6.42 Å². The van der Waals surface area contributed by atoms with Crippen LogP contribution in [-0.4, -0.2) is 22.8 Å². The van der Waals surface area contributed by atoms with E-state index in [-0.39, 0.29) is 6.04 Å². The van der Waals surface area contributed by atoms with Gasteiger partial charge < -0.3 is 16.2 Å². The minimum absolute atomic E-state index is 0.211. The van der Waals surface area contributed by atoms with Crippen LogP contribution in [0.25, 0.3) is 0 Å². The normalized spacial score (nSPS) is 24.9. The highest BCUT2D eigenvalue weighted by atomic mass is 16.4. The van der Waals surface area contributed by atoms with Crippen molar-refractivity contribution in [3.63, 3.8) is 0 Å². The lowest BCUT2D eigenvalue weighted by Gasteiger charge is -2.34. The van der Waals surface area contributed by atoms with Gasteiger partial charge in [-0.25, -0.2) is 4.79 Å². The molecule has 4 nitrogen and oxygen atoms in total. The standard InChI is InChI=1S/C10H20N2O2/c1-7(12-8(13)14)10(3,11)6-9(2)4-5-9/h7,12H,4-6,11H2,1-3H3,(H,13,14). The summed E-state index contributed by atoms with van der Waals surface area (Å²) in [6.07, 6.45) is 2.29. The van der Waals surface area contributed by atoms with Crippen molar-refractivity contribution in [2.75, 3.05) is 0 Å². The van der Waals surface area contributed by atoms with E-state index < -0.39 is 11.6 Å². The van der Waals surface area contributed by atoms with Crippen LogP contribution in [0.15, 0.2) is 0 Å². The van der Waals surface area contributed by atoms with Gasteiger partial charge in [-0.2, -0.15) is 0 Å². The zero-order chi connectivity index (χ0) is 11.0. The van der Waals surface area contributed by atoms with Gasteiger partial charge in [-0.1, -0.05) is 6.92 Å². The summed E-state index contributed by atoms with van der Waals surface area (Å²) in [7, 11) is 0. The molecule has 0 heterocycles. The molecular formula is C10H20N2O2. The largest absolute Gasteiger partial charge is 0.465 e. The van der Waals surface area contributed by atoms with Crippen LogP contribution >= 0.6 is 0 Å². The van der Waals surface area contributed by atoms with Crippen LogP contribution in [0, 0.1) is 5.41 Å². The van der Waals surface area contributed by atoms with Crippen molar-refractivity contribution < 1.29 is 9.90 Å². The van der Waals surface area contributed by atoms with E-state index in [1.807, 2.05) is 13.8 Å². The topological polar surface area (TPSA) is 75.3 Å². The van der Waals surface area contributed by atoms with E-state index in [9.17, 15) is 4.79 Å². The Kier molecular flexibility index (Phi) is 2.76. The van der Waals surface area contributed by atoms with Gasteiger partial charge >= 0.3 is 6.09 Å². The van der Waals surface area contributed by atoms with E-state index in [0.29, 0.717) is 5.41 Å². The van der Waals surface area contributed by atoms with Crippen LogP contribution in [0.3, 0.4) is 0 Å². The highest BCUT2D eigenvalue weighted by Crippen LogP contribution is 2.50. The highest BCUT2D eigenvalue weighted by Gasteiger charge is 2.44. The average molecular weight is 200 g/mol. The summed E-state index contributed by atoms with van der Waals surface area (Å²) in [5, 5.41) is 11.0. The Labute approximate surface area is 84.9 Å². The number of hydrogen-bond acceptors (Lipinski definition) is 2. The van der Waals surface area contributed by atoms with Gasteiger partial charge in [0.25, 0.3) is 0 Å². The quantitative estimate of drug-likeness (QED) is 0.644. The van der Waals surface area contributed by atoms with Gasteiger partial charge in [-0.05, 0) is 38.5 Å². The molecule has 4 N–H and O–H groups in total. The molecular weight excluding hydrogens is 180 g/mol. The third-order valence-electron chi connectivity index (χ3n) is 3.24. The van der Waals surface area contributed by atoms with Crippen molar-refractivity contribution in [3.8, 4) is 0 Å². The lowest BCUT2D eigenvalue weighted by Crippen LogP contribution is -2.55. The molecule has 0 radical (unpaired) electrons. The Morgan fingerprint density at radius 3 is 2.57 bits per heavy atom.